The van der Waals surface area contributed by atoms with E-state index in [4.69, 9.17) is 23.8 Å². The lowest BCUT2D eigenvalue weighted by molar-refractivity contribution is 0.276. The van der Waals surface area contributed by atoms with Crippen LogP contribution in [0.3, 0.4) is 0 Å². The molecule has 0 unspecified atom stereocenters. The highest BCUT2D eigenvalue weighted by Crippen LogP contribution is 2.39. The molecule has 56 heavy (non-hydrogen) atoms. The van der Waals surface area contributed by atoms with Crippen molar-refractivity contribution in [1.29, 1.82) is 0 Å². The second kappa shape index (κ2) is 19.8. The Morgan fingerprint density at radius 3 is 1.79 bits per heavy atom. The number of ether oxygens (including phenoxy) is 2. The van der Waals surface area contributed by atoms with Crippen LogP contribution < -0.4 is 20.7 Å². The number of alkyl halides is 1. The molecule has 0 bridgehead atoms. The molecule has 0 aliphatic carbocycles. The number of azide groups is 1. The molecule has 2 N–H and O–H groups in total. The summed E-state index contributed by atoms with van der Waals surface area (Å²) in [5.74, 6) is -0.134. The van der Waals surface area contributed by atoms with Crippen molar-refractivity contribution in [3.05, 3.63) is 140 Å². The first kappa shape index (κ1) is 41.6. The molecule has 0 saturated heterocycles. The summed E-state index contributed by atoms with van der Waals surface area (Å²) in [6.07, 6.45) is 2.69. The lowest BCUT2D eigenvalue weighted by Gasteiger charge is -2.11. The van der Waals surface area contributed by atoms with Crippen molar-refractivity contribution in [3.63, 3.8) is 0 Å². The lowest BCUT2D eigenvalue weighted by atomic mass is 10.0. The molecule has 0 aliphatic heterocycles. The molecule has 3 heterocycles. The third-order valence-corrected chi connectivity index (χ3v) is 8.11. The highest BCUT2D eigenvalue weighted by Gasteiger charge is 2.17. The van der Waals surface area contributed by atoms with Crippen LogP contribution >= 0.6 is 0 Å². The minimum Gasteiger partial charge on any atom is -0.502 e. The van der Waals surface area contributed by atoms with Gasteiger partial charge in [-0.1, -0.05) is 85.8 Å². The molecule has 0 saturated carbocycles. The minimum atomic E-state index is -0.567. The summed E-state index contributed by atoms with van der Waals surface area (Å²) in [4.78, 5) is 26.5. The third kappa shape index (κ3) is 9.89. The van der Waals surface area contributed by atoms with Crippen LogP contribution in [0.25, 0.3) is 54.6 Å². The Hall–Kier alpha value is -7.12. The molecule has 0 atom stereocenters. The molecule has 3 aromatic heterocycles. The normalized spacial score (nSPS) is 10.4. The van der Waals surface area contributed by atoms with E-state index in [-0.39, 0.29) is 75.5 Å². The SMILES string of the molecule is C.C.O=c1cc(-c2ccccc2)c2ccc(OCCn3cc(CCC[18F])nn3)c(O)c2o1.[N-]=[N+]=NCCOc1ccc2c(-c3ccccc3)cc(=O)oc2c1O. The molecule has 0 radical (unpaired) electrons. The summed E-state index contributed by atoms with van der Waals surface area (Å²) in [7, 11) is 0. The molecule has 7 aromatic rings. The Balaban J connectivity index is 0.000000246. The van der Waals surface area contributed by atoms with E-state index in [1.165, 1.54) is 12.1 Å². The zero-order valence-electron chi connectivity index (χ0n) is 28.7. The first-order valence-electron chi connectivity index (χ1n) is 16.8. The van der Waals surface area contributed by atoms with Crippen molar-refractivity contribution in [1.82, 2.24) is 15.0 Å². The number of hydrogen-bond donors (Lipinski definition) is 2. The molecule has 0 aliphatic rings. The van der Waals surface area contributed by atoms with Crippen molar-refractivity contribution >= 4 is 21.9 Å². The molecule has 0 amide bonds. The molecule has 0 spiro atoms. The highest BCUT2D eigenvalue weighted by atomic mass is 18.2. The Kier molecular flexibility index (Phi) is 14.7. The van der Waals surface area contributed by atoms with E-state index < -0.39 is 11.3 Å². The first-order valence-corrected chi connectivity index (χ1v) is 16.8. The summed E-state index contributed by atoms with van der Waals surface area (Å²) in [6, 6.07) is 28.2. The largest absolute Gasteiger partial charge is 0.502 e. The maximum atomic E-state index is 12.2. The van der Waals surface area contributed by atoms with E-state index >= 15 is 0 Å². The number of nitrogens with zero attached hydrogens (tertiary/aromatic N) is 6. The van der Waals surface area contributed by atoms with Crippen molar-refractivity contribution in [2.24, 2.45) is 5.11 Å². The fourth-order valence-electron chi connectivity index (χ4n) is 5.63. The molecule has 4 aromatic carbocycles. The average Bonchev–Trinajstić information content (AvgIpc) is 3.65. The second-order valence-corrected chi connectivity index (χ2v) is 11.7. The van der Waals surface area contributed by atoms with Crippen LogP contribution in [0, 0.1) is 0 Å². The molecule has 15 heteroatoms. The van der Waals surface area contributed by atoms with Gasteiger partial charge in [-0.05, 0) is 64.9 Å². The number of hydrogen-bond acceptors (Lipinski definition) is 11. The smallest absolute Gasteiger partial charge is 0.336 e. The number of fused-ring (bicyclic) bond motifs is 2. The highest BCUT2D eigenvalue weighted by molar-refractivity contribution is 5.98. The van der Waals surface area contributed by atoms with Crippen LogP contribution in [0.15, 0.2) is 127 Å². The van der Waals surface area contributed by atoms with E-state index in [1.807, 2.05) is 60.7 Å². The monoisotopic (exact) mass is 763 g/mol. The van der Waals surface area contributed by atoms with Gasteiger partial charge in [-0.3, -0.25) is 4.39 Å². The summed E-state index contributed by atoms with van der Waals surface area (Å²) in [6.45, 7) is 0.453. The molecular weight excluding hydrogens is 722 g/mol. The van der Waals surface area contributed by atoms with Gasteiger partial charge in [0.2, 0.25) is 11.5 Å². The van der Waals surface area contributed by atoms with Crippen LogP contribution in [-0.4, -0.2) is 51.6 Å². The maximum Gasteiger partial charge on any atom is 0.336 e. The zero-order valence-corrected chi connectivity index (χ0v) is 28.7. The van der Waals surface area contributed by atoms with E-state index in [0.717, 1.165) is 16.8 Å². The quantitative estimate of drug-likeness (QED) is 0.0376. The van der Waals surface area contributed by atoms with Crippen molar-refractivity contribution in [2.75, 3.05) is 26.4 Å². The fraction of sp³-hybridized carbons (Fsp3) is 0.220. The molecule has 14 nitrogen and oxygen atoms in total. The second-order valence-electron chi connectivity index (χ2n) is 11.7. The van der Waals surface area contributed by atoms with Crippen molar-refractivity contribution in [2.45, 2.75) is 34.2 Å². The Morgan fingerprint density at radius 1 is 0.768 bits per heavy atom. The van der Waals surface area contributed by atoms with Gasteiger partial charge in [0, 0.05) is 34.0 Å². The van der Waals surface area contributed by atoms with E-state index in [1.54, 1.807) is 35.1 Å². The van der Waals surface area contributed by atoms with Crippen LogP contribution in [0.5, 0.6) is 23.0 Å². The van der Waals surface area contributed by atoms with Crippen LogP contribution in [0.4, 0.5) is 4.39 Å². The summed E-state index contributed by atoms with van der Waals surface area (Å²) in [5.41, 5.74) is 11.0. The number of phenols is 2. The van der Waals surface area contributed by atoms with Gasteiger partial charge in [-0.15, -0.1) is 5.10 Å². The van der Waals surface area contributed by atoms with Gasteiger partial charge >= 0.3 is 11.3 Å². The van der Waals surface area contributed by atoms with Gasteiger partial charge < -0.3 is 28.5 Å². The Bertz CT molecular complexity index is 2530. The summed E-state index contributed by atoms with van der Waals surface area (Å²) >= 11 is 0. The Labute approximate surface area is 320 Å². The van der Waals surface area contributed by atoms with Gasteiger partial charge in [0.1, 0.15) is 6.61 Å². The molecular formula is C41H41FN6O8. The Morgan fingerprint density at radius 2 is 1.29 bits per heavy atom. The maximum absolute atomic E-state index is 12.2. The van der Waals surface area contributed by atoms with Gasteiger partial charge in [-0.25, -0.2) is 14.3 Å². The van der Waals surface area contributed by atoms with Crippen molar-refractivity contribution < 1.29 is 32.9 Å². The number of aromatic hydroxyl groups is 2. The van der Waals surface area contributed by atoms with Gasteiger partial charge in [0.15, 0.2) is 22.7 Å². The number of aryl methyl sites for hydroxylation is 1. The average molecular weight is 764 g/mol. The molecule has 290 valence electrons. The van der Waals surface area contributed by atoms with Crippen molar-refractivity contribution in [3.8, 4) is 45.3 Å². The van der Waals surface area contributed by atoms with E-state index in [2.05, 4.69) is 20.3 Å². The fourth-order valence-corrected chi connectivity index (χ4v) is 5.63. The van der Waals surface area contributed by atoms with Gasteiger partial charge in [-0.2, -0.15) is 0 Å². The number of benzene rings is 4. The number of phenolic OH excluding ortho intramolecular Hbond substituents is 2. The van der Waals surface area contributed by atoms with E-state index in [9.17, 15) is 24.2 Å². The van der Waals surface area contributed by atoms with Crippen LogP contribution in [-0.2, 0) is 13.0 Å². The standard InChI is InChI=1S/C22H20FN3O4.C17H13N3O4.2CH4/c23-10-4-7-16-14-26(25-24-16)11-12-29-19-9-8-17-18(15-5-2-1-3-6-15)13-20(27)30-22(17)21(19)28;18-20-19-8-9-23-14-7-6-12-13(11-4-2-1-3-5-11)10-15(21)24-17(12)16(14)22;;/h1-3,5-6,8-9,13-14,28H,4,7,10-12H2;1-7,10,22H,8-9H2;2*1H4/i23-1;;;. The topological polar surface area (TPSA) is 199 Å². The van der Waals surface area contributed by atoms with Gasteiger partial charge in [0.05, 0.1) is 32.1 Å². The summed E-state index contributed by atoms with van der Waals surface area (Å²) < 4.78 is 35.3. The molecule has 7 rings (SSSR count). The van der Waals surface area contributed by atoms with Crippen LogP contribution in [0.2, 0.25) is 0 Å². The first-order chi connectivity index (χ1) is 26.4. The number of halogens is 1. The summed E-state index contributed by atoms with van der Waals surface area (Å²) in [5, 5.41) is 33.5. The van der Waals surface area contributed by atoms with E-state index in [0.29, 0.717) is 41.3 Å². The minimum absolute atomic E-state index is 0. The van der Waals surface area contributed by atoms with Gasteiger partial charge in [0.25, 0.3) is 0 Å². The molecule has 0 fully saturated rings. The van der Waals surface area contributed by atoms with Crippen LogP contribution in [0.1, 0.15) is 27.0 Å². The third-order valence-electron chi connectivity index (χ3n) is 8.11. The predicted octanol–water partition coefficient (Wildman–Crippen LogP) is 8.87. The number of aromatic nitrogens is 3. The predicted molar refractivity (Wildman–Crippen MR) is 212 cm³/mol. The zero-order chi connectivity index (χ0) is 37.9. The number of rotatable bonds is 13. The lowest BCUT2D eigenvalue weighted by Crippen LogP contribution is -2.09.